The van der Waals surface area contributed by atoms with Gasteiger partial charge in [0, 0.05) is 24.5 Å². The van der Waals surface area contributed by atoms with Gasteiger partial charge in [-0.1, -0.05) is 26.0 Å². The highest BCUT2D eigenvalue weighted by Gasteiger charge is 2.18. The average molecular weight is 338 g/mol. The first-order valence-corrected chi connectivity index (χ1v) is 8.31. The predicted molar refractivity (Wildman–Crippen MR) is 93.9 cm³/mol. The van der Waals surface area contributed by atoms with Crippen molar-refractivity contribution in [2.75, 3.05) is 0 Å². The summed E-state index contributed by atoms with van der Waals surface area (Å²) in [4.78, 5) is 18.2. The van der Waals surface area contributed by atoms with Crippen LogP contribution in [0.1, 0.15) is 29.8 Å². The molecule has 0 aliphatic heterocycles. The Bertz CT molecular complexity index is 778. The largest absolute Gasteiger partial charge is 0.347 e. The van der Waals surface area contributed by atoms with Crippen molar-refractivity contribution in [2.24, 2.45) is 5.92 Å². The summed E-state index contributed by atoms with van der Waals surface area (Å²) in [5, 5.41) is 11.3. The highest BCUT2D eigenvalue weighted by atomic mass is 16.1. The number of aromatic nitrogens is 5. The van der Waals surface area contributed by atoms with Crippen molar-refractivity contribution in [3.63, 3.8) is 0 Å². The van der Waals surface area contributed by atoms with Gasteiger partial charge >= 0.3 is 0 Å². The normalized spacial score (nSPS) is 12.3. The summed E-state index contributed by atoms with van der Waals surface area (Å²) in [5.41, 5.74) is 1.77. The Morgan fingerprint density at radius 2 is 1.84 bits per heavy atom. The van der Waals surface area contributed by atoms with Crippen molar-refractivity contribution in [2.45, 2.75) is 33.0 Å². The standard InChI is InChI=1S/C18H22N6O/c1-14(2)17(12-24-20-7-8-21-24)22-18(25)16-5-3-15(4-6-16)11-23-10-9-19-13-23/h3-10,13-14,17H,11-12H2,1-2H3,(H,22,25). The summed E-state index contributed by atoms with van der Waals surface area (Å²) >= 11 is 0. The second-order valence-corrected chi connectivity index (χ2v) is 6.34. The number of imidazole rings is 1. The van der Waals surface area contributed by atoms with Gasteiger partial charge in [-0.15, -0.1) is 0 Å². The summed E-state index contributed by atoms with van der Waals surface area (Å²) in [6.07, 6.45) is 8.72. The number of amides is 1. The van der Waals surface area contributed by atoms with Crippen LogP contribution in [0.25, 0.3) is 0 Å². The third-order valence-corrected chi connectivity index (χ3v) is 4.09. The minimum atomic E-state index is -0.0833. The fourth-order valence-electron chi connectivity index (χ4n) is 2.54. The fraction of sp³-hybridized carbons (Fsp3) is 0.333. The number of benzene rings is 1. The van der Waals surface area contributed by atoms with Crippen molar-refractivity contribution in [3.05, 3.63) is 66.5 Å². The zero-order valence-electron chi connectivity index (χ0n) is 14.4. The van der Waals surface area contributed by atoms with Crippen molar-refractivity contribution < 1.29 is 4.79 Å². The van der Waals surface area contributed by atoms with E-state index < -0.39 is 0 Å². The molecule has 2 heterocycles. The molecular formula is C18H22N6O. The second kappa shape index (κ2) is 7.74. The summed E-state index contributed by atoms with van der Waals surface area (Å²) in [5.74, 6) is 0.190. The van der Waals surface area contributed by atoms with Crippen LogP contribution in [-0.2, 0) is 13.1 Å². The fourth-order valence-corrected chi connectivity index (χ4v) is 2.54. The van der Waals surface area contributed by atoms with E-state index in [-0.39, 0.29) is 17.9 Å². The first-order valence-electron chi connectivity index (χ1n) is 8.31. The van der Waals surface area contributed by atoms with Crippen LogP contribution >= 0.6 is 0 Å². The zero-order valence-corrected chi connectivity index (χ0v) is 14.4. The van der Waals surface area contributed by atoms with Crippen LogP contribution in [0.15, 0.2) is 55.4 Å². The molecule has 0 aliphatic rings. The molecule has 0 saturated carbocycles. The van der Waals surface area contributed by atoms with Gasteiger partial charge in [-0.25, -0.2) is 4.98 Å². The molecule has 0 spiro atoms. The van der Waals surface area contributed by atoms with Crippen LogP contribution in [0, 0.1) is 5.92 Å². The minimum absolute atomic E-state index is 0.0366. The van der Waals surface area contributed by atoms with Crippen LogP contribution < -0.4 is 5.32 Å². The van der Waals surface area contributed by atoms with Crippen LogP contribution in [0.4, 0.5) is 0 Å². The molecule has 0 bridgehead atoms. The Morgan fingerprint density at radius 1 is 1.12 bits per heavy atom. The average Bonchev–Trinajstić information content (AvgIpc) is 3.28. The molecular weight excluding hydrogens is 316 g/mol. The number of carbonyl (C=O) groups is 1. The van der Waals surface area contributed by atoms with Gasteiger partial charge in [0.2, 0.25) is 0 Å². The van der Waals surface area contributed by atoms with Gasteiger partial charge in [0.05, 0.1) is 31.3 Å². The topological polar surface area (TPSA) is 77.6 Å². The molecule has 130 valence electrons. The van der Waals surface area contributed by atoms with Crippen molar-refractivity contribution in [1.82, 2.24) is 29.9 Å². The number of nitrogens with one attached hydrogen (secondary N) is 1. The molecule has 0 aliphatic carbocycles. The quantitative estimate of drug-likeness (QED) is 0.714. The monoisotopic (exact) mass is 338 g/mol. The molecule has 3 aromatic rings. The van der Waals surface area contributed by atoms with Crippen molar-refractivity contribution in [1.29, 1.82) is 0 Å². The Hall–Kier alpha value is -2.96. The molecule has 25 heavy (non-hydrogen) atoms. The minimum Gasteiger partial charge on any atom is -0.347 e. The third-order valence-electron chi connectivity index (χ3n) is 4.09. The SMILES string of the molecule is CC(C)C(Cn1nccn1)NC(=O)c1ccc(Cn2ccnc2)cc1. The molecule has 1 amide bonds. The molecule has 1 N–H and O–H groups in total. The second-order valence-electron chi connectivity index (χ2n) is 6.34. The first-order chi connectivity index (χ1) is 12.1. The maximum Gasteiger partial charge on any atom is 0.251 e. The molecule has 7 heteroatoms. The smallest absolute Gasteiger partial charge is 0.251 e. The molecule has 1 aromatic carbocycles. The van der Waals surface area contributed by atoms with Gasteiger partial charge in [0.15, 0.2) is 0 Å². The summed E-state index contributed by atoms with van der Waals surface area (Å²) in [7, 11) is 0. The molecule has 7 nitrogen and oxygen atoms in total. The Balaban J connectivity index is 1.63. The van der Waals surface area contributed by atoms with Crippen LogP contribution in [0.5, 0.6) is 0 Å². The summed E-state index contributed by atoms with van der Waals surface area (Å²) in [6, 6.07) is 7.60. The van der Waals surface area contributed by atoms with E-state index in [4.69, 9.17) is 0 Å². The van der Waals surface area contributed by atoms with E-state index in [9.17, 15) is 4.79 Å². The van der Waals surface area contributed by atoms with Gasteiger partial charge in [-0.2, -0.15) is 15.0 Å². The molecule has 3 rings (SSSR count). The van der Waals surface area contributed by atoms with Crippen LogP contribution in [0.2, 0.25) is 0 Å². The van der Waals surface area contributed by atoms with E-state index >= 15 is 0 Å². The maximum atomic E-state index is 12.5. The molecule has 0 radical (unpaired) electrons. The number of hydrogen-bond donors (Lipinski definition) is 1. The highest BCUT2D eigenvalue weighted by Crippen LogP contribution is 2.09. The number of hydrogen-bond acceptors (Lipinski definition) is 4. The third kappa shape index (κ3) is 4.53. The van der Waals surface area contributed by atoms with Crippen molar-refractivity contribution >= 4 is 5.91 Å². The molecule has 1 atom stereocenters. The van der Waals surface area contributed by atoms with E-state index in [0.29, 0.717) is 12.1 Å². The number of carbonyl (C=O) groups excluding carboxylic acids is 1. The Kier molecular flexibility index (Phi) is 5.23. The van der Waals surface area contributed by atoms with Crippen molar-refractivity contribution in [3.8, 4) is 0 Å². The lowest BCUT2D eigenvalue weighted by Gasteiger charge is -2.22. The lowest BCUT2D eigenvalue weighted by molar-refractivity contribution is 0.0918. The van der Waals surface area contributed by atoms with Gasteiger partial charge in [0.25, 0.3) is 5.91 Å². The molecule has 2 aromatic heterocycles. The van der Waals surface area contributed by atoms with Gasteiger partial charge < -0.3 is 9.88 Å². The van der Waals surface area contributed by atoms with Gasteiger partial charge in [0.1, 0.15) is 0 Å². The molecule has 1 unspecified atom stereocenters. The highest BCUT2D eigenvalue weighted by molar-refractivity contribution is 5.94. The number of nitrogens with zero attached hydrogens (tertiary/aromatic N) is 5. The maximum absolute atomic E-state index is 12.5. The van der Waals surface area contributed by atoms with E-state index in [1.807, 2.05) is 35.0 Å². The lowest BCUT2D eigenvalue weighted by Crippen LogP contribution is -2.42. The van der Waals surface area contributed by atoms with Crippen LogP contribution in [0.3, 0.4) is 0 Å². The van der Waals surface area contributed by atoms with E-state index in [0.717, 1.165) is 12.1 Å². The van der Waals surface area contributed by atoms with E-state index in [1.165, 1.54) is 0 Å². The lowest BCUT2D eigenvalue weighted by atomic mass is 10.0. The molecule has 0 fully saturated rings. The summed E-state index contributed by atoms with van der Waals surface area (Å²) in [6.45, 7) is 5.43. The molecule has 0 saturated heterocycles. The number of rotatable bonds is 7. The zero-order chi connectivity index (χ0) is 17.6. The Labute approximate surface area is 146 Å². The van der Waals surface area contributed by atoms with E-state index in [1.54, 1.807) is 29.7 Å². The van der Waals surface area contributed by atoms with E-state index in [2.05, 4.69) is 34.3 Å². The van der Waals surface area contributed by atoms with Gasteiger partial charge in [-0.3, -0.25) is 4.79 Å². The van der Waals surface area contributed by atoms with Gasteiger partial charge in [-0.05, 0) is 23.6 Å². The first kappa shape index (κ1) is 16.9. The predicted octanol–water partition coefficient (Wildman–Crippen LogP) is 1.98. The van der Waals surface area contributed by atoms with Crippen LogP contribution in [-0.4, -0.2) is 36.5 Å². The summed E-state index contributed by atoms with van der Waals surface area (Å²) < 4.78 is 1.99. The Morgan fingerprint density at radius 3 is 2.44 bits per heavy atom.